The molecule has 0 spiro atoms. The number of nitrogens with one attached hydrogen (secondary N) is 2. The van der Waals surface area contributed by atoms with Crippen molar-refractivity contribution < 1.29 is 19.8 Å². The number of aromatic nitrogens is 2. The topological polar surface area (TPSA) is 112 Å². The van der Waals surface area contributed by atoms with Crippen molar-refractivity contribution in [3.63, 3.8) is 0 Å². The molecule has 7 heteroatoms. The maximum absolute atomic E-state index is 9.92. The van der Waals surface area contributed by atoms with Crippen LogP contribution >= 0.6 is 0 Å². The average Bonchev–Trinajstić information content (AvgIpc) is 2.93. The third-order valence-corrected chi connectivity index (χ3v) is 1.64. The number of hydrogen-bond acceptors (Lipinski definition) is 4. The number of H-pyrrole nitrogens is 2. The van der Waals surface area contributed by atoms with Crippen LogP contribution in [-0.4, -0.2) is 70.8 Å². The van der Waals surface area contributed by atoms with Crippen LogP contribution in [0, 0.1) is 0 Å². The van der Waals surface area contributed by atoms with Crippen LogP contribution in [0.1, 0.15) is 21.0 Å². The van der Waals surface area contributed by atoms with E-state index in [0.717, 1.165) is 0 Å². The summed E-state index contributed by atoms with van der Waals surface area (Å²) in [5.74, 6) is -2.34. The molecule has 0 aliphatic carbocycles. The van der Waals surface area contributed by atoms with Gasteiger partial charge in [0, 0.05) is 12.4 Å². The molecule has 2 N–H and O–H groups in total. The Hall–Kier alpha value is -0.929. The van der Waals surface area contributed by atoms with Crippen molar-refractivity contribution in [2.45, 2.75) is 0 Å². The average molecular weight is 358 g/mol. The molecule has 0 fully saturated rings. The summed E-state index contributed by atoms with van der Waals surface area (Å²) in [6, 6.07) is 6.08. The maximum Gasteiger partial charge on any atom is 2.00 e. The van der Waals surface area contributed by atoms with Crippen LogP contribution in [0.25, 0.3) is 0 Å². The minimum Gasteiger partial charge on any atom is -0.543 e. The molecule has 84 valence electrons. The molecule has 0 aliphatic heterocycles. The van der Waals surface area contributed by atoms with Gasteiger partial charge in [-0.1, -0.05) is 0 Å². The molecular formula is C10H8BaN2O4. The number of carbonyl (C=O) groups is 2. The first-order valence-electron chi connectivity index (χ1n) is 4.30. The molecule has 2 aromatic rings. The molecule has 6 nitrogen and oxygen atoms in total. The molecule has 17 heavy (non-hydrogen) atoms. The number of rotatable bonds is 2. The second kappa shape index (κ2) is 8.20. The summed E-state index contributed by atoms with van der Waals surface area (Å²) in [5, 5.41) is 19.8. The SMILES string of the molecule is O=C([O-])c1ccc[nH]1.O=C([O-])c1ccc[nH]1.[Ba+2]. The fourth-order valence-electron chi connectivity index (χ4n) is 0.915. The van der Waals surface area contributed by atoms with Gasteiger partial charge in [0.1, 0.15) is 0 Å². The van der Waals surface area contributed by atoms with Gasteiger partial charge in [0.2, 0.25) is 0 Å². The minimum absolute atomic E-state index is 0. The monoisotopic (exact) mass is 358 g/mol. The Labute approximate surface area is 137 Å². The van der Waals surface area contributed by atoms with Crippen molar-refractivity contribution in [3.8, 4) is 0 Å². The Morgan fingerprint density at radius 3 is 1.35 bits per heavy atom. The molecule has 2 rings (SSSR count). The van der Waals surface area contributed by atoms with Crippen LogP contribution in [0.3, 0.4) is 0 Å². The van der Waals surface area contributed by atoms with E-state index in [-0.39, 0.29) is 60.3 Å². The molecule has 0 bridgehead atoms. The molecular weight excluding hydrogens is 349 g/mol. The number of carboxylic acids is 2. The number of aromatic carboxylic acids is 2. The van der Waals surface area contributed by atoms with Gasteiger partial charge in [-0.15, -0.1) is 0 Å². The maximum atomic E-state index is 9.92. The predicted molar refractivity (Wildman–Crippen MR) is 56.0 cm³/mol. The van der Waals surface area contributed by atoms with Gasteiger partial charge >= 0.3 is 48.9 Å². The van der Waals surface area contributed by atoms with Crippen LogP contribution in [0.5, 0.6) is 0 Å². The Morgan fingerprint density at radius 2 is 1.24 bits per heavy atom. The van der Waals surface area contributed by atoms with Gasteiger partial charge in [0.25, 0.3) is 0 Å². The van der Waals surface area contributed by atoms with E-state index in [9.17, 15) is 19.8 Å². The summed E-state index contributed by atoms with van der Waals surface area (Å²) in [7, 11) is 0. The van der Waals surface area contributed by atoms with Crippen molar-refractivity contribution in [2.75, 3.05) is 0 Å². The number of carbonyl (C=O) groups excluding carboxylic acids is 2. The van der Waals surface area contributed by atoms with Crippen LogP contribution in [-0.2, 0) is 0 Å². The van der Waals surface area contributed by atoms with Crippen molar-refractivity contribution in [1.82, 2.24) is 9.97 Å². The molecule has 0 radical (unpaired) electrons. The first-order chi connectivity index (χ1) is 7.61. The van der Waals surface area contributed by atoms with Gasteiger partial charge in [-0.05, 0) is 24.3 Å². The second-order valence-electron chi connectivity index (χ2n) is 2.74. The van der Waals surface area contributed by atoms with E-state index in [0.29, 0.717) is 0 Å². The van der Waals surface area contributed by atoms with Crippen molar-refractivity contribution in [1.29, 1.82) is 0 Å². The predicted octanol–water partition coefficient (Wildman–Crippen LogP) is -1.62. The van der Waals surface area contributed by atoms with Gasteiger partial charge in [-0.25, -0.2) is 0 Å². The zero-order valence-electron chi connectivity index (χ0n) is 8.80. The summed E-state index contributed by atoms with van der Waals surface area (Å²) >= 11 is 0. The fraction of sp³-hybridized carbons (Fsp3) is 0. The molecule has 0 unspecified atom stereocenters. The first kappa shape index (κ1) is 16.1. The zero-order chi connectivity index (χ0) is 12.0. The Bertz CT molecular complexity index is 406. The van der Waals surface area contributed by atoms with Gasteiger partial charge in [0.05, 0.1) is 23.3 Å². The van der Waals surface area contributed by atoms with Gasteiger partial charge in [-0.3, -0.25) is 0 Å². The molecule has 2 aromatic heterocycles. The second-order valence-corrected chi connectivity index (χ2v) is 2.74. The van der Waals surface area contributed by atoms with E-state index >= 15 is 0 Å². The smallest absolute Gasteiger partial charge is 0.543 e. The minimum atomic E-state index is -1.17. The van der Waals surface area contributed by atoms with E-state index in [1.807, 2.05) is 0 Å². The first-order valence-corrected chi connectivity index (χ1v) is 4.30. The van der Waals surface area contributed by atoms with E-state index in [2.05, 4.69) is 9.97 Å². The number of aromatic amines is 2. The van der Waals surface area contributed by atoms with Crippen LogP contribution in [0.4, 0.5) is 0 Å². The largest absolute Gasteiger partial charge is 2.00 e. The standard InChI is InChI=1S/2C5H5NO2.Ba/c2*7-5(8)4-2-1-3-6-4;/h2*1-3,6H,(H,7,8);/q;;+2/p-2. The number of hydrogen-bond donors (Lipinski definition) is 2. The fourth-order valence-corrected chi connectivity index (χ4v) is 0.915. The molecule has 2 heterocycles. The summed E-state index contributed by atoms with van der Waals surface area (Å²) in [4.78, 5) is 24.8. The summed E-state index contributed by atoms with van der Waals surface area (Å²) in [5.41, 5.74) is 0.231. The van der Waals surface area contributed by atoms with E-state index < -0.39 is 11.9 Å². The van der Waals surface area contributed by atoms with Crippen LogP contribution in [0.15, 0.2) is 36.7 Å². The quantitative estimate of drug-likeness (QED) is 0.629. The van der Waals surface area contributed by atoms with Crippen molar-refractivity contribution in [2.24, 2.45) is 0 Å². The molecule has 0 aromatic carbocycles. The third kappa shape index (κ3) is 5.80. The molecule has 0 saturated heterocycles. The van der Waals surface area contributed by atoms with E-state index in [1.165, 1.54) is 24.5 Å². The van der Waals surface area contributed by atoms with Gasteiger partial charge in [-0.2, -0.15) is 0 Å². The van der Waals surface area contributed by atoms with Gasteiger partial charge < -0.3 is 29.8 Å². The molecule has 0 amide bonds. The van der Waals surface area contributed by atoms with Crippen molar-refractivity contribution >= 4 is 60.8 Å². The Morgan fingerprint density at radius 1 is 0.882 bits per heavy atom. The number of carboxylic acid groups (broad SMARTS) is 2. The summed E-state index contributed by atoms with van der Waals surface area (Å²) in [6.45, 7) is 0. The zero-order valence-corrected chi connectivity index (χ0v) is 13.2. The Kier molecular flexibility index (Phi) is 7.76. The Balaban J connectivity index is 0.000000284. The normalized spacial score (nSPS) is 8.47. The van der Waals surface area contributed by atoms with Crippen molar-refractivity contribution in [3.05, 3.63) is 48.0 Å². The van der Waals surface area contributed by atoms with Crippen LogP contribution in [0.2, 0.25) is 0 Å². The van der Waals surface area contributed by atoms with E-state index in [4.69, 9.17) is 0 Å². The molecule has 0 saturated carbocycles. The van der Waals surface area contributed by atoms with E-state index in [1.54, 1.807) is 12.1 Å². The molecule has 0 atom stereocenters. The van der Waals surface area contributed by atoms with Gasteiger partial charge in [0.15, 0.2) is 0 Å². The summed E-state index contributed by atoms with van der Waals surface area (Å²) < 4.78 is 0. The third-order valence-electron chi connectivity index (χ3n) is 1.64. The molecule has 0 aliphatic rings. The summed E-state index contributed by atoms with van der Waals surface area (Å²) in [6.07, 6.45) is 3.07. The van der Waals surface area contributed by atoms with Crippen LogP contribution < -0.4 is 10.2 Å².